The average molecular weight is 322 g/mol. The molecule has 0 amide bonds. The maximum atomic E-state index is 12.3. The predicted molar refractivity (Wildman–Crippen MR) is 89.2 cm³/mol. The summed E-state index contributed by atoms with van der Waals surface area (Å²) >= 11 is 0. The van der Waals surface area contributed by atoms with Gasteiger partial charge in [-0.15, -0.1) is 0 Å². The Morgan fingerprint density at radius 1 is 1.14 bits per heavy atom. The number of carbonyl (C=O) groups is 1. The van der Waals surface area contributed by atoms with Crippen molar-refractivity contribution in [1.82, 2.24) is 4.31 Å². The lowest BCUT2D eigenvalue weighted by Crippen LogP contribution is -2.37. The summed E-state index contributed by atoms with van der Waals surface area (Å²) in [5.41, 5.74) is 3.95. The number of nitrogens with zero attached hydrogens (tertiary/aromatic N) is 1. The van der Waals surface area contributed by atoms with Gasteiger partial charge in [0.15, 0.2) is 0 Å². The van der Waals surface area contributed by atoms with E-state index in [0.717, 1.165) is 22.4 Å². The van der Waals surface area contributed by atoms with Gasteiger partial charge in [0.25, 0.3) is 0 Å². The monoisotopic (exact) mass is 322 g/mol. The second kappa shape index (κ2) is 6.62. The van der Waals surface area contributed by atoms with E-state index in [0.29, 0.717) is 12.8 Å². The first kappa shape index (κ1) is 16.7. The van der Waals surface area contributed by atoms with Crippen LogP contribution in [-0.4, -0.2) is 38.6 Å². The third-order valence-corrected chi connectivity index (χ3v) is 5.49. The average Bonchev–Trinajstić information content (AvgIpc) is 2.46. The highest BCUT2D eigenvalue weighted by Crippen LogP contribution is 2.22. The van der Waals surface area contributed by atoms with Crippen molar-refractivity contribution in [3.63, 3.8) is 0 Å². The number of ketones is 1. The van der Waals surface area contributed by atoms with Crippen LogP contribution < -0.4 is 5.32 Å². The number of carbonyl (C=O) groups excluding carboxylic acids is 1. The molecule has 2 rings (SSSR count). The molecular formula is C16H22N2O3S. The van der Waals surface area contributed by atoms with Crippen molar-refractivity contribution >= 4 is 27.6 Å². The maximum Gasteiger partial charge on any atom is 0.236 e. The standard InChI is InChI=1S/C16H22N2O3S/c1-12-10-14(17-3)11-13(2)16(12)6-9-22(20,21)18-7-4-15(19)5-8-18/h6,9-11,17H,4-5,7-8H2,1-3H3. The van der Waals surface area contributed by atoms with Crippen LogP contribution in [0.4, 0.5) is 5.69 Å². The van der Waals surface area contributed by atoms with E-state index < -0.39 is 10.0 Å². The Hall–Kier alpha value is -1.66. The van der Waals surface area contributed by atoms with Gasteiger partial charge in [-0.1, -0.05) is 0 Å². The van der Waals surface area contributed by atoms with Crippen molar-refractivity contribution in [2.45, 2.75) is 26.7 Å². The third kappa shape index (κ3) is 3.75. The Morgan fingerprint density at radius 2 is 1.68 bits per heavy atom. The SMILES string of the molecule is CNc1cc(C)c(C=CS(=O)(=O)N2CCC(=O)CC2)c(C)c1. The highest BCUT2D eigenvalue weighted by atomic mass is 32.2. The molecule has 0 spiro atoms. The highest BCUT2D eigenvalue weighted by Gasteiger charge is 2.24. The first-order chi connectivity index (χ1) is 10.3. The van der Waals surface area contributed by atoms with Gasteiger partial charge in [0.1, 0.15) is 5.78 Å². The Labute approximate surface area is 132 Å². The Bertz CT molecular complexity index is 675. The quantitative estimate of drug-likeness (QED) is 0.924. The number of piperidine rings is 1. The molecule has 0 atom stereocenters. The number of Topliss-reactive ketones (excluding diaryl/α,β-unsaturated/α-hetero) is 1. The molecule has 1 aromatic carbocycles. The summed E-state index contributed by atoms with van der Waals surface area (Å²) in [6.45, 7) is 4.48. The lowest BCUT2D eigenvalue weighted by molar-refractivity contribution is -0.120. The molecule has 0 aromatic heterocycles. The van der Waals surface area contributed by atoms with Gasteiger partial charge < -0.3 is 5.32 Å². The van der Waals surface area contributed by atoms with Crippen molar-refractivity contribution in [3.05, 3.63) is 34.2 Å². The summed E-state index contributed by atoms with van der Waals surface area (Å²) < 4.78 is 26.0. The topological polar surface area (TPSA) is 66.5 Å². The zero-order chi connectivity index (χ0) is 16.3. The lowest BCUT2D eigenvalue weighted by Gasteiger charge is -2.23. The Morgan fingerprint density at radius 3 is 2.18 bits per heavy atom. The van der Waals surface area contributed by atoms with Crippen LogP contribution in [0.25, 0.3) is 6.08 Å². The van der Waals surface area contributed by atoms with E-state index in [1.165, 1.54) is 9.71 Å². The number of anilines is 1. The maximum absolute atomic E-state index is 12.3. The largest absolute Gasteiger partial charge is 0.388 e. The van der Waals surface area contributed by atoms with E-state index in [4.69, 9.17) is 0 Å². The zero-order valence-electron chi connectivity index (χ0n) is 13.2. The first-order valence-electron chi connectivity index (χ1n) is 7.32. The molecule has 0 aliphatic carbocycles. The fourth-order valence-electron chi connectivity index (χ4n) is 2.61. The molecule has 1 N–H and O–H groups in total. The molecule has 1 aliphatic heterocycles. The molecule has 0 radical (unpaired) electrons. The second-order valence-electron chi connectivity index (χ2n) is 5.56. The Balaban J connectivity index is 2.22. The molecular weight excluding hydrogens is 300 g/mol. The van der Waals surface area contributed by atoms with Crippen LogP contribution in [-0.2, 0) is 14.8 Å². The number of nitrogens with one attached hydrogen (secondary N) is 1. The first-order valence-corrected chi connectivity index (χ1v) is 8.83. The molecule has 120 valence electrons. The van der Waals surface area contributed by atoms with Crippen molar-refractivity contribution in [2.75, 3.05) is 25.5 Å². The summed E-state index contributed by atoms with van der Waals surface area (Å²) in [4.78, 5) is 11.2. The van der Waals surface area contributed by atoms with Crippen molar-refractivity contribution < 1.29 is 13.2 Å². The summed E-state index contributed by atoms with van der Waals surface area (Å²) in [7, 11) is -1.62. The summed E-state index contributed by atoms with van der Waals surface area (Å²) in [6, 6.07) is 3.97. The van der Waals surface area contributed by atoms with Gasteiger partial charge in [-0.05, 0) is 48.7 Å². The van der Waals surface area contributed by atoms with Gasteiger partial charge in [-0.3, -0.25) is 4.79 Å². The van der Waals surface area contributed by atoms with Gasteiger partial charge in [0.05, 0.1) is 0 Å². The molecule has 0 saturated carbocycles. The lowest BCUT2D eigenvalue weighted by atomic mass is 10.0. The predicted octanol–water partition coefficient (Wildman–Crippen LogP) is 2.31. The van der Waals surface area contributed by atoms with Crippen LogP contribution in [0.1, 0.15) is 29.5 Å². The van der Waals surface area contributed by atoms with E-state index in [1.54, 1.807) is 6.08 Å². The van der Waals surface area contributed by atoms with Crippen LogP contribution in [0.3, 0.4) is 0 Å². The highest BCUT2D eigenvalue weighted by molar-refractivity contribution is 7.92. The van der Waals surface area contributed by atoms with Gasteiger partial charge in [0.2, 0.25) is 10.0 Å². The summed E-state index contributed by atoms with van der Waals surface area (Å²) in [5, 5.41) is 4.33. The number of benzene rings is 1. The van der Waals surface area contributed by atoms with E-state index in [2.05, 4.69) is 5.32 Å². The molecule has 22 heavy (non-hydrogen) atoms. The minimum Gasteiger partial charge on any atom is -0.388 e. The number of aryl methyl sites for hydroxylation is 2. The van der Waals surface area contributed by atoms with E-state index >= 15 is 0 Å². The van der Waals surface area contributed by atoms with Crippen LogP contribution >= 0.6 is 0 Å². The molecule has 6 heteroatoms. The second-order valence-corrected chi connectivity index (χ2v) is 7.38. The minimum atomic E-state index is -3.47. The molecule has 0 bridgehead atoms. The van der Waals surface area contributed by atoms with Crippen molar-refractivity contribution in [1.29, 1.82) is 0 Å². The smallest absolute Gasteiger partial charge is 0.236 e. The Kier molecular flexibility index (Phi) is 5.03. The summed E-state index contributed by atoms with van der Waals surface area (Å²) in [5.74, 6) is 0.129. The van der Waals surface area contributed by atoms with Crippen LogP contribution in [0.5, 0.6) is 0 Å². The van der Waals surface area contributed by atoms with Crippen molar-refractivity contribution in [3.8, 4) is 0 Å². The van der Waals surface area contributed by atoms with Crippen molar-refractivity contribution in [2.24, 2.45) is 0 Å². The van der Waals surface area contributed by atoms with E-state index in [9.17, 15) is 13.2 Å². The van der Waals surface area contributed by atoms with Crippen LogP contribution in [0.2, 0.25) is 0 Å². The molecule has 1 fully saturated rings. The fourth-order valence-corrected chi connectivity index (χ4v) is 3.78. The minimum absolute atomic E-state index is 0.129. The zero-order valence-corrected chi connectivity index (χ0v) is 14.0. The third-order valence-electron chi connectivity index (χ3n) is 3.93. The number of hydrogen-bond donors (Lipinski definition) is 1. The fraction of sp³-hybridized carbons (Fsp3) is 0.438. The number of sulfonamides is 1. The molecule has 1 aromatic rings. The van der Waals surface area contributed by atoms with Gasteiger partial charge in [-0.25, -0.2) is 8.42 Å². The normalized spacial score (nSPS) is 17.1. The van der Waals surface area contributed by atoms with Gasteiger partial charge >= 0.3 is 0 Å². The molecule has 5 nitrogen and oxygen atoms in total. The van der Waals surface area contributed by atoms with Crippen LogP contribution in [0.15, 0.2) is 17.5 Å². The van der Waals surface area contributed by atoms with Crippen LogP contribution in [0, 0.1) is 13.8 Å². The van der Waals surface area contributed by atoms with Gasteiger partial charge in [-0.2, -0.15) is 4.31 Å². The number of hydrogen-bond acceptors (Lipinski definition) is 4. The number of rotatable bonds is 4. The molecule has 1 aliphatic rings. The molecule has 0 unspecified atom stereocenters. The molecule has 1 saturated heterocycles. The van der Waals surface area contributed by atoms with E-state index in [1.807, 2.05) is 33.0 Å². The molecule has 1 heterocycles. The van der Waals surface area contributed by atoms with E-state index in [-0.39, 0.29) is 18.9 Å². The van der Waals surface area contributed by atoms with Gasteiger partial charge in [0, 0.05) is 44.1 Å². The summed E-state index contributed by atoms with van der Waals surface area (Å²) in [6.07, 6.45) is 2.26.